The maximum Gasteiger partial charge on any atom is 0.135 e. The number of rotatable bonds is 5. The first-order valence-electron chi connectivity index (χ1n) is 7.04. The maximum atomic E-state index is 6.09. The maximum absolute atomic E-state index is 6.09. The van der Waals surface area contributed by atoms with Gasteiger partial charge in [-0.3, -0.25) is 0 Å². The Morgan fingerprint density at radius 2 is 2.11 bits per heavy atom. The minimum absolute atomic E-state index is 0.386. The topological polar surface area (TPSA) is 37.8 Å². The molecule has 2 aliphatic rings. The normalized spacial score (nSPS) is 21.6. The molecule has 0 amide bonds. The van der Waals surface area contributed by atoms with E-state index in [9.17, 15) is 0 Å². The van der Waals surface area contributed by atoms with Crippen molar-refractivity contribution < 1.29 is 0 Å². The summed E-state index contributed by atoms with van der Waals surface area (Å²) in [5.41, 5.74) is 0. The second-order valence-corrected chi connectivity index (χ2v) is 7.32. The third-order valence-corrected chi connectivity index (χ3v) is 5.81. The zero-order chi connectivity index (χ0) is 13.3. The molecule has 19 heavy (non-hydrogen) atoms. The van der Waals surface area contributed by atoms with Crippen molar-refractivity contribution in [3.63, 3.8) is 0 Å². The Hall–Kier alpha value is -0.480. The highest BCUT2D eigenvalue weighted by Crippen LogP contribution is 2.41. The second-order valence-electron chi connectivity index (χ2n) is 5.66. The van der Waals surface area contributed by atoms with Crippen LogP contribution in [0.25, 0.3) is 0 Å². The van der Waals surface area contributed by atoms with E-state index >= 15 is 0 Å². The smallest absolute Gasteiger partial charge is 0.135 e. The van der Waals surface area contributed by atoms with Crippen LogP contribution in [0.1, 0.15) is 50.3 Å². The van der Waals surface area contributed by atoms with E-state index in [4.69, 9.17) is 11.6 Å². The molecule has 2 saturated carbocycles. The first-order chi connectivity index (χ1) is 9.21. The van der Waals surface area contributed by atoms with Crippen molar-refractivity contribution in [1.29, 1.82) is 0 Å². The van der Waals surface area contributed by atoms with Gasteiger partial charge in [-0.25, -0.2) is 9.97 Å². The van der Waals surface area contributed by atoms with Crippen molar-refractivity contribution in [3.05, 3.63) is 17.0 Å². The Bertz CT molecular complexity index is 456. The van der Waals surface area contributed by atoms with Crippen molar-refractivity contribution in [2.45, 2.75) is 49.2 Å². The molecule has 1 aromatic heterocycles. The molecule has 2 fully saturated rings. The predicted molar refractivity (Wildman–Crippen MR) is 82.2 cm³/mol. The van der Waals surface area contributed by atoms with E-state index in [-0.39, 0.29) is 0 Å². The molecule has 2 aliphatic carbocycles. The molecule has 0 aliphatic heterocycles. The average molecular weight is 298 g/mol. The van der Waals surface area contributed by atoms with Crippen LogP contribution in [0, 0.1) is 0 Å². The lowest BCUT2D eigenvalue weighted by Crippen LogP contribution is -2.30. The predicted octanol–water partition coefficient (Wildman–Crippen LogP) is 4.10. The fraction of sp³-hybridized carbons (Fsp3) is 0.714. The number of hydrogen-bond acceptors (Lipinski definition) is 4. The number of nitrogens with one attached hydrogen (secondary N) is 1. The van der Waals surface area contributed by atoms with Gasteiger partial charge in [-0.05, 0) is 31.9 Å². The minimum atomic E-state index is 0.386. The number of halogens is 1. The van der Waals surface area contributed by atoms with Crippen LogP contribution in [0.2, 0.25) is 5.15 Å². The van der Waals surface area contributed by atoms with Crippen LogP contribution >= 0.6 is 23.4 Å². The molecule has 3 nitrogen and oxygen atoms in total. The van der Waals surface area contributed by atoms with Gasteiger partial charge in [0, 0.05) is 23.3 Å². The van der Waals surface area contributed by atoms with Crippen LogP contribution in [-0.2, 0) is 0 Å². The summed E-state index contributed by atoms with van der Waals surface area (Å²) in [7, 11) is 0. The Balaban J connectivity index is 1.69. The average Bonchev–Trinajstić information content (AvgIpc) is 3.16. The van der Waals surface area contributed by atoms with Crippen molar-refractivity contribution in [1.82, 2.24) is 9.97 Å². The van der Waals surface area contributed by atoms with E-state index in [0.717, 1.165) is 18.2 Å². The third kappa shape index (κ3) is 3.16. The summed E-state index contributed by atoms with van der Waals surface area (Å²) >= 11 is 8.08. The lowest BCUT2D eigenvalue weighted by Gasteiger charge is -2.27. The molecule has 1 N–H and O–H groups in total. The Morgan fingerprint density at radius 1 is 1.37 bits per heavy atom. The second kappa shape index (κ2) is 5.49. The molecule has 0 spiro atoms. The van der Waals surface area contributed by atoms with Crippen molar-refractivity contribution in [3.8, 4) is 0 Å². The number of anilines is 1. The molecule has 5 heteroatoms. The summed E-state index contributed by atoms with van der Waals surface area (Å²) in [6, 6.07) is 1.84. The fourth-order valence-electron chi connectivity index (χ4n) is 2.77. The molecule has 0 aromatic carbocycles. The summed E-state index contributed by atoms with van der Waals surface area (Å²) in [5.74, 6) is 2.35. The molecule has 1 heterocycles. The molecule has 3 rings (SSSR count). The van der Waals surface area contributed by atoms with E-state index in [2.05, 4.69) is 21.5 Å². The van der Waals surface area contributed by atoms with Gasteiger partial charge in [-0.2, -0.15) is 11.8 Å². The lowest BCUT2D eigenvalue weighted by molar-refractivity contribution is 0.638. The molecule has 104 valence electrons. The van der Waals surface area contributed by atoms with E-state index in [0.29, 0.717) is 15.8 Å². The van der Waals surface area contributed by atoms with Crippen LogP contribution < -0.4 is 5.32 Å². The standard InChI is InChI=1S/C14H20ClN3S/c1-19-14(6-2-3-7-14)9-16-12-8-11(15)17-13(18-12)10-4-5-10/h8,10H,2-7,9H2,1H3,(H,16,17,18). The zero-order valence-corrected chi connectivity index (χ0v) is 12.9. The fourth-order valence-corrected chi connectivity index (χ4v) is 3.88. The Labute approximate surface area is 123 Å². The highest BCUT2D eigenvalue weighted by Gasteiger charge is 2.33. The monoisotopic (exact) mass is 297 g/mol. The SMILES string of the molecule is CSC1(CNc2cc(Cl)nc(C3CC3)n2)CCCC1. The molecule has 0 saturated heterocycles. The van der Waals surface area contributed by atoms with E-state index in [1.54, 1.807) is 0 Å². The molecule has 0 radical (unpaired) electrons. The van der Waals surface area contributed by atoms with Crippen LogP contribution in [0.5, 0.6) is 0 Å². The van der Waals surface area contributed by atoms with Gasteiger partial charge in [0.2, 0.25) is 0 Å². The molecule has 1 aromatic rings. The summed E-state index contributed by atoms with van der Waals surface area (Å²) in [4.78, 5) is 8.93. The first-order valence-corrected chi connectivity index (χ1v) is 8.65. The van der Waals surface area contributed by atoms with Gasteiger partial charge in [0.15, 0.2) is 0 Å². The van der Waals surface area contributed by atoms with Crippen molar-refractivity contribution >= 4 is 29.2 Å². The third-order valence-electron chi connectivity index (χ3n) is 4.19. The van der Waals surface area contributed by atoms with Gasteiger partial charge in [0.05, 0.1) is 0 Å². The van der Waals surface area contributed by atoms with Crippen LogP contribution in [0.15, 0.2) is 6.07 Å². The molecule has 0 bridgehead atoms. The quantitative estimate of drug-likeness (QED) is 0.831. The van der Waals surface area contributed by atoms with Gasteiger partial charge >= 0.3 is 0 Å². The summed E-state index contributed by atoms with van der Waals surface area (Å²) < 4.78 is 0.386. The Morgan fingerprint density at radius 3 is 2.74 bits per heavy atom. The molecule has 0 unspecified atom stereocenters. The van der Waals surface area contributed by atoms with Gasteiger partial charge in [0.1, 0.15) is 16.8 Å². The minimum Gasteiger partial charge on any atom is -0.369 e. The number of thioether (sulfide) groups is 1. The summed E-state index contributed by atoms with van der Waals surface area (Å²) in [6.45, 7) is 0.978. The van der Waals surface area contributed by atoms with Crippen LogP contribution in [0.4, 0.5) is 5.82 Å². The number of aromatic nitrogens is 2. The van der Waals surface area contributed by atoms with Crippen molar-refractivity contribution in [2.24, 2.45) is 0 Å². The molecular formula is C14H20ClN3S. The summed E-state index contributed by atoms with van der Waals surface area (Å²) in [5, 5.41) is 4.05. The van der Waals surface area contributed by atoms with E-state index < -0.39 is 0 Å². The molecular weight excluding hydrogens is 278 g/mol. The van der Waals surface area contributed by atoms with Gasteiger partial charge in [-0.15, -0.1) is 0 Å². The Kier molecular flexibility index (Phi) is 3.90. The van der Waals surface area contributed by atoms with Gasteiger partial charge in [-0.1, -0.05) is 24.4 Å². The van der Waals surface area contributed by atoms with Crippen LogP contribution in [0.3, 0.4) is 0 Å². The van der Waals surface area contributed by atoms with E-state index in [1.165, 1.54) is 38.5 Å². The zero-order valence-electron chi connectivity index (χ0n) is 11.3. The highest BCUT2D eigenvalue weighted by atomic mass is 35.5. The van der Waals surface area contributed by atoms with Crippen molar-refractivity contribution in [2.75, 3.05) is 18.1 Å². The molecule has 0 atom stereocenters. The largest absolute Gasteiger partial charge is 0.369 e. The van der Waals surface area contributed by atoms with Gasteiger partial charge in [0.25, 0.3) is 0 Å². The first kappa shape index (κ1) is 13.5. The number of hydrogen-bond donors (Lipinski definition) is 1. The van der Waals surface area contributed by atoms with Gasteiger partial charge < -0.3 is 5.32 Å². The number of nitrogens with zero attached hydrogens (tertiary/aromatic N) is 2. The highest BCUT2D eigenvalue weighted by molar-refractivity contribution is 8.00. The lowest BCUT2D eigenvalue weighted by atomic mass is 10.1. The van der Waals surface area contributed by atoms with E-state index in [1.807, 2.05) is 17.8 Å². The van der Waals surface area contributed by atoms with Crippen LogP contribution in [-0.4, -0.2) is 27.5 Å². The summed E-state index contributed by atoms with van der Waals surface area (Å²) in [6.07, 6.45) is 9.92.